The number of hydrogen-bond acceptors (Lipinski definition) is 2. The summed E-state index contributed by atoms with van der Waals surface area (Å²) in [4.78, 5) is 11.6. The van der Waals surface area contributed by atoms with Crippen molar-refractivity contribution in [2.45, 2.75) is 37.8 Å². The number of carbonyl (C=O) groups is 1. The van der Waals surface area contributed by atoms with Crippen LogP contribution in [0.25, 0.3) is 0 Å². The van der Waals surface area contributed by atoms with Crippen molar-refractivity contribution < 1.29 is 13.6 Å². The van der Waals surface area contributed by atoms with Crippen molar-refractivity contribution in [3.05, 3.63) is 35.9 Å². The second kappa shape index (κ2) is 5.65. The van der Waals surface area contributed by atoms with Crippen LogP contribution in [0.4, 0.5) is 8.78 Å². The van der Waals surface area contributed by atoms with Gasteiger partial charge in [-0.2, -0.15) is 8.78 Å². The normalized spacial score (nSPS) is 17.0. The van der Waals surface area contributed by atoms with Crippen LogP contribution in [0.3, 0.4) is 0 Å². The van der Waals surface area contributed by atoms with E-state index < -0.39 is 18.5 Å². The Kier molecular flexibility index (Phi) is 4.14. The van der Waals surface area contributed by atoms with E-state index in [1.807, 2.05) is 0 Å². The van der Waals surface area contributed by atoms with Gasteiger partial charge in [-0.3, -0.25) is 4.79 Å². The Morgan fingerprint density at radius 1 is 1.37 bits per heavy atom. The topological polar surface area (TPSA) is 41.1 Å². The molecule has 1 atom stereocenters. The van der Waals surface area contributed by atoms with Crippen molar-refractivity contribution >= 4 is 5.91 Å². The molecule has 1 unspecified atom stereocenters. The molecule has 1 aromatic rings. The van der Waals surface area contributed by atoms with Crippen molar-refractivity contribution in [1.29, 1.82) is 0 Å². The molecule has 1 aromatic carbocycles. The molecule has 104 valence electrons. The number of carbonyl (C=O) groups excluding carboxylic acids is 1. The van der Waals surface area contributed by atoms with Crippen molar-refractivity contribution in [3.63, 3.8) is 0 Å². The molecule has 19 heavy (non-hydrogen) atoms. The van der Waals surface area contributed by atoms with Crippen molar-refractivity contribution in [2.24, 2.45) is 0 Å². The summed E-state index contributed by atoms with van der Waals surface area (Å²) in [7, 11) is 0. The van der Waals surface area contributed by atoms with Crippen LogP contribution in [-0.4, -0.2) is 24.5 Å². The van der Waals surface area contributed by atoms with E-state index in [1.165, 1.54) is 12.1 Å². The molecule has 1 aliphatic carbocycles. The predicted octanol–water partition coefficient (Wildman–Crippen LogP) is 2.04. The highest BCUT2D eigenvalue weighted by atomic mass is 19.3. The highest BCUT2D eigenvalue weighted by molar-refractivity contribution is 5.81. The van der Waals surface area contributed by atoms with Gasteiger partial charge in [0.2, 0.25) is 5.91 Å². The molecule has 0 aliphatic heterocycles. The lowest BCUT2D eigenvalue weighted by Gasteiger charge is -2.20. The number of halogens is 2. The zero-order valence-electron chi connectivity index (χ0n) is 10.8. The summed E-state index contributed by atoms with van der Waals surface area (Å²) < 4.78 is 27.7. The van der Waals surface area contributed by atoms with Crippen LogP contribution in [0.5, 0.6) is 0 Å². The summed E-state index contributed by atoms with van der Waals surface area (Å²) >= 11 is 0. The first-order chi connectivity index (χ1) is 8.99. The molecule has 0 bridgehead atoms. The molecule has 0 radical (unpaired) electrons. The number of alkyl halides is 2. The fraction of sp³-hybridized carbons (Fsp3) is 0.500. The third-order valence-corrected chi connectivity index (χ3v) is 3.14. The number of benzene rings is 1. The van der Waals surface area contributed by atoms with Crippen molar-refractivity contribution in [2.75, 3.05) is 6.54 Å². The van der Waals surface area contributed by atoms with Gasteiger partial charge < -0.3 is 10.6 Å². The Bertz CT molecular complexity index is 432. The smallest absolute Gasteiger partial charge is 0.285 e. The van der Waals surface area contributed by atoms with Gasteiger partial charge in [0.05, 0.1) is 12.6 Å². The van der Waals surface area contributed by atoms with E-state index in [4.69, 9.17) is 0 Å². The summed E-state index contributed by atoms with van der Waals surface area (Å²) in [5.41, 5.74) is -0.0442. The fourth-order valence-corrected chi connectivity index (χ4v) is 1.71. The van der Waals surface area contributed by atoms with E-state index in [0.717, 1.165) is 12.8 Å². The maximum absolute atomic E-state index is 13.9. The third kappa shape index (κ3) is 3.99. The molecule has 2 N–H and O–H groups in total. The lowest BCUT2D eigenvalue weighted by molar-refractivity contribution is -0.123. The maximum atomic E-state index is 13.9. The lowest BCUT2D eigenvalue weighted by atomic mass is 10.1. The largest absolute Gasteiger partial charge is 0.352 e. The van der Waals surface area contributed by atoms with Gasteiger partial charge in [-0.15, -0.1) is 0 Å². The molecule has 1 fully saturated rings. The molecule has 1 saturated carbocycles. The van der Waals surface area contributed by atoms with Crippen LogP contribution < -0.4 is 10.6 Å². The SMILES string of the molecule is CC(NCC(F)(F)c1ccccc1)C(=O)NC1CC1. The van der Waals surface area contributed by atoms with Gasteiger partial charge in [-0.25, -0.2) is 0 Å². The van der Waals surface area contributed by atoms with E-state index in [-0.39, 0.29) is 17.5 Å². The maximum Gasteiger partial charge on any atom is 0.285 e. The zero-order chi connectivity index (χ0) is 13.9. The Morgan fingerprint density at radius 2 is 2.00 bits per heavy atom. The predicted molar refractivity (Wildman–Crippen MR) is 69.0 cm³/mol. The van der Waals surface area contributed by atoms with Crippen LogP contribution in [0.1, 0.15) is 25.3 Å². The standard InChI is InChI=1S/C14H18F2N2O/c1-10(13(19)18-12-7-8-12)17-9-14(15,16)11-5-3-2-4-6-11/h2-6,10,12,17H,7-9H2,1H3,(H,18,19). The van der Waals surface area contributed by atoms with Crippen LogP contribution >= 0.6 is 0 Å². The highest BCUT2D eigenvalue weighted by Crippen LogP contribution is 2.26. The summed E-state index contributed by atoms with van der Waals surface area (Å²) in [5.74, 6) is -3.19. The Labute approximate surface area is 111 Å². The van der Waals surface area contributed by atoms with Gasteiger partial charge in [0.1, 0.15) is 0 Å². The summed E-state index contributed by atoms with van der Waals surface area (Å²) in [5, 5.41) is 5.38. The molecule has 1 aliphatic rings. The zero-order valence-corrected chi connectivity index (χ0v) is 10.8. The lowest BCUT2D eigenvalue weighted by Crippen LogP contribution is -2.46. The first-order valence-electron chi connectivity index (χ1n) is 6.46. The van der Waals surface area contributed by atoms with E-state index >= 15 is 0 Å². The van der Waals surface area contributed by atoms with E-state index in [1.54, 1.807) is 25.1 Å². The molecular weight excluding hydrogens is 250 g/mol. The average Bonchev–Trinajstić information content (AvgIpc) is 3.21. The average molecular weight is 268 g/mol. The summed E-state index contributed by atoms with van der Waals surface area (Å²) in [6.07, 6.45) is 1.97. The molecule has 0 saturated heterocycles. The highest BCUT2D eigenvalue weighted by Gasteiger charge is 2.32. The van der Waals surface area contributed by atoms with Gasteiger partial charge in [0.15, 0.2) is 0 Å². The Hall–Kier alpha value is -1.49. The molecular formula is C14H18F2N2O. The Balaban J connectivity index is 1.84. The fourth-order valence-electron chi connectivity index (χ4n) is 1.71. The first-order valence-corrected chi connectivity index (χ1v) is 6.46. The van der Waals surface area contributed by atoms with Crippen LogP contribution in [0.2, 0.25) is 0 Å². The molecule has 0 heterocycles. The number of rotatable bonds is 6. The van der Waals surface area contributed by atoms with Crippen LogP contribution in [0.15, 0.2) is 30.3 Å². The van der Waals surface area contributed by atoms with Crippen LogP contribution in [0, 0.1) is 0 Å². The van der Waals surface area contributed by atoms with E-state index in [2.05, 4.69) is 10.6 Å². The third-order valence-electron chi connectivity index (χ3n) is 3.14. The minimum atomic E-state index is -2.98. The van der Waals surface area contributed by atoms with Gasteiger partial charge in [-0.1, -0.05) is 30.3 Å². The van der Waals surface area contributed by atoms with Gasteiger partial charge in [-0.05, 0) is 19.8 Å². The van der Waals surface area contributed by atoms with Gasteiger partial charge in [0.25, 0.3) is 5.92 Å². The minimum Gasteiger partial charge on any atom is -0.352 e. The summed E-state index contributed by atoms with van der Waals surface area (Å²) in [6.45, 7) is 1.05. The number of nitrogens with one attached hydrogen (secondary N) is 2. The monoisotopic (exact) mass is 268 g/mol. The van der Waals surface area contributed by atoms with Crippen molar-refractivity contribution in [3.8, 4) is 0 Å². The molecule has 1 amide bonds. The minimum absolute atomic E-state index is 0.0442. The number of amides is 1. The quantitative estimate of drug-likeness (QED) is 0.829. The molecule has 0 spiro atoms. The molecule has 3 nitrogen and oxygen atoms in total. The van der Waals surface area contributed by atoms with Gasteiger partial charge in [0, 0.05) is 11.6 Å². The Morgan fingerprint density at radius 3 is 2.58 bits per heavy atom. The van der Waals surface area contributed by atoms with Gasteiger partial charge >= 0.3 is 0 Å². The van der Waals surface area contributed by atoms with E-state index in [9.17, 15) is 13.6 Å². The molecule has 2 rings (SSSR count). The number of hydrogen-bond donors (Lipinski definition) is 2. The summed E-state index contributed by atoms with van der Waals surface area (Å²) in [6, 6.07) is 7.24. The molecule has 5 heteroatoms. The first kappa shape index (κ1) is 13.9. The van der Waals surface area contributed by atoms with Crippen molar-refractivity contribution in [1.82, 2.24) is 10.6 Å². The second-order valence-electron chi connectivity index (χ2n) is 4.96. The second-order valence-corrected chi connectivity index (χ2v) is 4.96. The van der Waals surface area contributed by atoms with Crippen LogP contribution in [-0.2, 0) is 10.7 Å². The van der Waals surface area contributed by atoms with E-state index in [0.29, 0.717) is 0 Å². The molecule has 0 aromatic heterocycles.